The molecule has 0 saturated heterocycles. The molecule has 0 radical (unpaired) electrons. The molecule has 0 bridgehead atoms. The molecule has 2 aliphatic rings. The second kappa shape index (κ2) is 9.48. The Morgan fingerprint density at radius 1 is 1.00 bits per heavy atom. The Bertz CT molecular complexity index is 1710. The minimum absolute atomic E-state index is 0.0551. The molecular weight excluding hydrogens is 494 g/mol. The number of benzene rings is 2. The SMILES string of the molecule is CCCCc1nc(=O)c(-c2nnc(Cc3noc4ccccc34)o2)c(O)n1-c1c(C2CC2)cccc1C1CC1. The van der Waals surface area contributed by atoms with Crippen LogP contribution in [-0.2, 0) is 12.8 Å². The number of nitrogens with zero attached hydrogens (tertiary/aromatic N) is 5. The van der Waals surface area contributed by atoms with Crippen molar-refractivity contribution >= 4 is 11.0 Å². The van der Waals surface area contributed by atoms with Gasteiger partial charge in [-0.25, -0.2) is 0 Å². The lowest BCUT2D eigenvalue weighted by Crippen LogP contribution is -2.21. The minimum atomic E-state index is -0.575. The van der Waals surface area contributed by atoms with E-state index in [2.05, 4.69) is 45.5 Å². The van der Waals surface area contributed by atoms with Gasteiger partial charge in [0.2, 0.25) is 11.8 Å². The summed E-state index contributed by atoms with van der Waals surface area (Å²) in [6, 6.07) is 13.9. The van der Waals surface area contributed by atoms with Gasteiger partial charge in [0.05, 0.1) is 12.1 Å². The molecule has 0 spiro atoms. The van der Waals surface area contributed by atoms with Crippen molar-refractivity contribution in [2.45, 2.75) is 70.1 Å². The van der Waals surface area contributed by atoms with Crippen LogP contribution >= 0.6 is 0 Å². The average molecular weight is 524 g/mol. The Balaban J connectivity index is 1.35. The van der Waals surface area contributed by atoms with Gasteiger partial charge in [0.1, 0.15) is 11.5 Å². The molecule has 2 saturated carbocycles. The molecule has 9 heteroatoms. The molecule has 3 heterocycles. The summed E-state index contributed by atoms with van der Waals surface area (Å²) < 4.78 is 13.1. The van der Waals surface area contributed by atoms with Gasteiger partial charge in [0, 0.05) is 11.8 Å². The lowest BCUT2D eigenvalue weighted by atomic mass is 9.99. The first-order valence-electron chi connectivity index (χ1n) is 13.8. The van der Waals surface area contributed by atoms with Crippen molar-refractivity contribution in [2.24, 2.45) is 0 Å². The Morgan fingerprint density at radius 2 is 1.74 bits per heavy atom. The lowest BCUT2D eigenvalue weighted by molar-refractivity contribution is 0.424. The second-order valence-electron chi connectivity index (χ2n) is 10.6. The maximum atomic E-state index is 13.3. The van der Waals surface area contributed by atoms with Crippen LogP contribution < -0.4 is 5.56 Å². The van der Waals surface area contributed by atoms with Crippen molar-refractivity contribution in [3.8, 4) is 23.0 Å². The summed E-state index contributed by atoms with van der Waals surface area (Å²) in [4.78, 5) is 17.8. The molecule has 0 unspecified atom stereocenters. The third kappa shape index (κ3) is 4.31. The van der Waals surface area contributed by atoms with E-state index < -0.39 is 5.56 Å². The fourth-order valence-electron chi connectivity index (χ4n) is 5.40. The van der Waals surface area contributed by atoms with E-state index in [-0.39, 0.29) is 29.6 Å². The van der Waals surface area contributed by atoms with Crippen molar-refractivity contribution in [3.05, 3.63) is 81.4 Å². The quantitative estimate of drug-likeness (QED) is 0.257. The van der Waals surface area contributed by atoms with E-state index in [1.54, 1.807) is 4.57 Å². The van der Waals surface area contributed by atoms with E-state index in [4.69, 9.17) is 8.94 Å². The van der Waals surface area contributed by atoms with Crippen molar-refractivity contribution in [1.29, 1.82) is 0 Å². The molecule has 0 amide bonds. The van der Waals surface area contributed by atoms with E-state index in [0.717, 1.165) is 49.6 Å². The topological polar surface area (TPSA) is 120 Å². The second-order valence-corrected chi connectivity index (χ2v) is 10.6. The molecule has 2 aromatic carbocycles. The number of aromatic nitrogens is 5. The third-order valence-electron chi connectivity index (χ3n) is 7.70. The van der Waals surface area contributed by atoms with Gasteiger partial charge in [-0.2, -0.15) is 4.98 Å². The normalized spacial score (nSPS) is 15.3. The third-order valence-corrected chi connectivity index (χ3v) is 7.70. The van der Waals surface area contributed by atoms with E-state index in [0.29, 0.717) is 35.4 Å². The maximum absolute atomic E-state index is 13.3. The van der Waals surface area contributed by atoms with Gasteiger partial charge in [0.15, 0.2) is 11.1 Å². The van der Waals surface area contributed by atoms with Crippen molar-refractivity contribution in [1.82, 2.24) is 24.9 Å². The summed E-state index contributed by atoms with van der Waals surface area (Å²) in [5.74, 6) is 1.48. The summed E-state index contributed by atoms with van der Waals surface area (Å²) in [5, 5.41) is 25.1. The van der Waals surface area contributed by atoms with Crippen LogP contribution in [0.1, 0.15) is 85.8 Å². The first kappa shape index (κ1) is 23.8. The standard InChI is InChI=1S/C30H29N5O4/c1-2-3-11-24-31-28(36)26(29-33-32-25(38-29)16-22-21-7-4-5-10-23(21)39-34-22)30(37)35(24)27-19(17-12-13-17)8-6-9-20(27)18-14-15-18/h4-10,17-18,37H,2-3,11-16H2,1H3. The summed E-state index contributed by atoms with van der Waals surface area (Å²) in [6.07, 6.45) is 7.10. The summed E-state index contributed by atoms with van der Waals surface area (Å²) >= 11 is 0. The molecule has 5 aromatic rings. The number of hydrogen-bond acceptors (Lipinski definition) is 8. The van der Waals surface area contributed by atoms with Crippen LogP contribution in [0.25, 0.3) is 28.1 Å². The first-order chi connectivity index (χ1) is 19.1. The average Bonchev–Trinajstić information content (AvgIpc) is 3.88. The van der Waals surface area contributed by atoms with Gasteiger partial charge in [-0.1, -0.05) is 48.8 Å². The molecule has 198 valence electrons. The number of hydrogen-bond donors (Lipinski definition) is 1. The van der Waals surface area contributed by atoms with Gasteiger partial charge in [-0.15, -0.1) is 10.2 Å². The van der Waals surface area contributed by atoms with Crippen LogP contribution in [0.2, 0.25) is 0 Å². The van der Waals surface area contributed by atoms with Crippen molar-refractivity contribution in [3.63, 3.8) is 0 Å². The van der Waals surface area contributed by atoms with E-state index in [9.17, 15) is 9.90 Å². The molecular formula is C30H29N5O4. The molecule has 2 fully saturated rings. The van der Waals surface area contributed by atoms with Gasteiger partial charge >= 0.3 is 0 Å². The predicted octanol–water partition coefficient (Wildman–Crippen LogP) is 5.82. The van der Waals surface area contributed by atoms with Crippen molar-refractivity contribution < 1.29 is 14.0 Å². The predicted molar refractivity (Wildman–Crippen MR) is 144 cm³/mol. The van der Waals surface area contributed by atoms with Gasteiger partial charge in [0.25, 0.3) is 11.4 Å². The smallest absolute Gasteiger partial charge is 0.289 e. The minimum Gasteiger partial charge on any atom is -0.493 e. The fourth-order valence-corrected chi connectivity index (χ4v) is 5.40. The maximum Gasteiger partial charge on any atom is 0.289 e. The van der Waals surface area contributed by atoms with Crippen molar-refractivity contribution in [2.75, 3.05) is 0 Å². The highest BCUT2D eigenvalue weighted by atomic mass is 16.5. The number of unbranched alkanes of at least 4 members (excludes halogenated alkanes) is 1. The van der Waals surface area contributed by atoms with E-state index in [1.165, 1.54) is 11.1 Å². The van der Waals surface area contributed by atoms with Crippen LogP contribution in [0.15, 0.2) is 56.2 Å². The number of aryl methyl sites for hydroxylation is 1. The molecule has 3 aromatic heterocycles. The zero-order valence-corrected chi connectivity index (χ0v) is 21.8. The van der Waals surface area contributed by atoms with E-state index >= 15 is 0 Å². The molecule has 39 heavy (non-hydrogen) atoms. The summed E-state index contributed by atoms with van der Waals surface area (Å²) in [6.45, 7) is 2.10. The monoisotopic (exact) mass is 523 g/mol. The molecule has 1 N–H and O–H groups in total. The number of fused-ring (bicyclic) bond motifs is 1. The first-order valence-corrected chi connectivity index (χ1v) is 13.8. The molecule has 9 nitrogen and oxygen atoms in total. The highest BCUT2D eigenvalue weighted by Gasteiger charge is 2.35. The highest BCUT2D eigenvalue weighted by Crippen LogP contribution is 2.50. The van der Waals surface area contributed by atoms with Crippen LogP contribution in [0, 0.1) is 0 Å². The zero-order valence-electron chi connectivity index (χ0n) is 21.8. The fraction of sp³-hybridized carbons (Fsp3) is 0.367. The Hall–Kier alpha value is -4.27. The van der Waals surface area contributed by atoms with Crippen LogP contribution in [0.3, 0.4) is 0 Å². The largest absolute Gasteiger partial charge is 0.493 e. The van der Waals surface area contributed by atoms with Crippen LogP contribution in [-0.4, -0.2) is 30.0 Å². The van der Waals surface area contributed by atoms with Crippen LogP contribution in [0.5, 0.6) is 5.88 Å². The zero-order chi connectivity index (χ0) is 26.5. The lowest BCUT2D eigenvalue weighted by Gasteiger charge is -2.22. The van der Waals surface area contributed by atoms with Crippen LogP contribution in [0.4, 0.5) is 0 Å². The Kier molecular flexibility index (Phi) is 5.79. The number of rotatable bonds is 9. The van der Waals surface area contributed by atoms with Gasteiger partial charge < -0.3 is 14.0 Å². The van der Waals surface area contributed by atoms with Gasteiger partial charge in [-0.3, -0.25) is 9.36 Å². The molecule has 0 aliphatic heterocycles. The Labute approximate surface area is 224 Å². The van der Waals surface area contributed by atoms with E-state index in [1.807, 2.05) is 24.3 Å². The Morgan fingerprint density at radius 3 is 2.46 bits per heavy atom. The summed E-state index contributed by atoms with van der Waals surface area (Å²) in [7, 11) is 0. The number of para-hydroxylation sites is 2. The highest BCUT2D eigenvalue weighted by molar-refractivity contribution is 5.79. The summed E-state index contributed by atoms with van der Waals surface area (Å²) in [5.41, 5.74) is 4.04. The molecule has 2 aliphatic carbocycles. The van der Waals surface area contributed by atoms with Gasteiger partial charge in [-0.05, 0) is 67.2 Å². The molecule has 0 atom stereocenters. The molecule has 7 rings (SSSR count). The number of aromatic hydroxyl groups is 1.